The van der Waals surface area contributed by atoms with E-state index in [-0.39, 0.29) is 0 Å². The number of benzene rings is 1. The molecule has 0 bridgehead atoms. The van der Waals surface area contributed by atoms with Crippen LogP contribution in [0.4, 0.5) is 5.69 Å². The molecule has 1 aromatic rings. The van der Waals surface area contributed by atoms with Crippen LogP contribution in [0.3, 0.4) is 0 Å². The molecule has 0 radical (unpaired) electrons. The number of morpholine rings is 1. The van der Waals surface area contributed by atoms with E-state index >= 15 is 0 Å². The van der Waals surface area contributed by atoms with Gasteiger partial charge in [0, 0.05) is 19.2 Å². The Hall–Kier alpha value is -1.51. The lowest BCUT2D eigenvalue weighted by Gasteiger charge is -2.26. The second-order valence-corrected chi connectivity index (χ2v) is 5.86. The maximum Gasteiger partial charge on any atom is 0.301 e. The highest BCUT2D eigenvalue weighted by Gasteiger charge is 2.24. The van der Waals surface area contributed by atoms with Gasteiger partial charge in [0.15, 0.2) is 11.5 Å². The number of ether oxygens (including phenoxy) is 3. The van der Waals surface area contributed by atoms with Crippen LogP contribution in [0.5, 0.6) is 11.5 Å². The molecule has 0 aliphatic carbocycles. The van der Waals surface area contributed by atoms with Crippen LogP contribution < -0.4 is 14.2 Å². The molecule has 0 atom stereocenters. The van der Waals surface area contributed by atoms with E-state index in [4.69, 9.17) is 14.2 Å². The van der Waals surface area contributed by atoms with Gasteiger partial charge in [-0.1, -0.05) is 0 Å². The lowest BCUT2D eigenvalue weighted by Crippen LogP contribution is -2.43. The fourth-order valence-corrected chi connectivity index (χ4v) is 3.08. The van der Waals surface area contributed by atoms with Crippen molar-refractivity contribution in [1.82, 2.24) is 4.31 Å². The van der Waals surface area contributed by atoms with Gasteiger partial charge in [-0.3, -0.25) is 4.72 Å². The third kappa shape index (κ3) is 3.33. The van der Waals surface area contributed by atoms with E-state index in [0.29, 0.717) is 43.5 Å². The molecule has 2 rings (SSSR count). The van der Waals surface area contributed by atoms with E-state index in [9.17, 15) is 8.42 Å². The topological polar surface area (TPSA) is 77.1 Å². The summed E-state index contributed by atoms with van der Waals surface area (Å²) < 4.78 is 43.7. The Kier molecular flexibility index (Phi) is 4.69. The largest absolute Gasteiger partial charge is 0.493 e. The molecule has 0 unspecified atom stereocenters. The van der Waals surface area contributed by atoms with Crippen molar-refractivity contribution in [3.8, 4) is 11.5 Å². The quantitative estimate of drug-likeness (QED) is 0.866. The molecule has 1 aliphatic heterocycles. The zero-order valence-corrected chi connectivity index (χ0v) is 12.3. The van der Waals surface area contributed by atoms with Crippen molar-refractivity contribution >= 4 is 15.9 Å². The van der Waals surface area contributed by atoms with Crippen molar-refractivity contribution in [2.24, 2.45) is 0 Å². The molecule has 20 heavy (non-hydrogen) atoms. The molecular weight excluding hydrogens is 284 g/mol. The molecule has 1 N–H and O–H groups in total. The predicted octanol–water partition coefficient (Wildman–Crippen LogP) is 0.693. The van der Waals surface area contributed by atoms with Crippen LogP contribution >= 0.6 is 0 Å². The molecule has 1 saturated heterocycles. The van der Waals surface area contributed by atoms with E-state index in [1.165, 1.54) is 18.5 Å². The van der Waals surface area contributed by atoms with Crippen molar-refractivity contribution in [1.29, 1.82) is 0 Å². The molecule has 1 heterocycles. The number of hydrogen-bond donors (Lipinski definition) is 1. The molecule has 0 spiro atoms. The SMILES string of the molecule is COc1ccc(NS(=O)(=O)N2CCOCC2)cc1OC. The number of methoxy groups -OCH3 is 2. The average Bonchev–Trinajstić information content (AvgIpc) is 2.47. The number of anilines is 1. The normalized spacial score (nSPS) is 16.7. The lowest BCUT2D eigenvalue weighted by molar-refractivity contribution is 0.0733. The maximum atomic E-state index is 12.2. The monoisotopic (exact) mass is 302 g/mol. The summed E-state index contributed by atoms with van der Waals surface area (Å²) in [7, 11) is -0.553. The van der Waals surface area contributed by atoms with Crippen molar-refractivity contribution in [2.75, 3.05) is 45.2 Å². The Labute approximate surface area is 118 Å². The molecule has 7 nitrogen and oxygen atoms in total. The minimum atomic E-state index is -3.57. The predicted molar refractivity (Wildman–Crippen MR) is 74.5 cm³/mol. The zero-order valence-electron chi connectivity index (χ0n) is 11.5. The highest BCUT2D eigenvalue weighted by Crippen LogP contribution is 2.30. The summed E-state index contributed by atoms with van der Waals surface area (Å²) >= 11 is 0. The molecule has 0 saturated carbocycles. The summed E-state index contributed by atoms with van der Waals surface area (Å²) in [4.78, 5) is 0. The van der Waals surface area contributed by atoms with Gasteiger partial charge in [-0.25, -0.2) is 0 Å². The molecule has 1 aromatic carbocycles. The first-order valence-corrected chi connectivity index (χ1v) is 7.58. The second kappa shape index (κ2) is 6.29. The van der Waals surface area contributed by atoms with E-state index in [0.717, 1.165) is 0 Å². The minimum absolute atomic E-state index is 0.350. The highest BCUT2D eigenvalue weighted by atomic mass is 32.2. The number of hydrogen-bond acceptors (Lipinski definition) is 5. The molecule has 0 amide bonds. The van der Waals surface area contributed by atoms with Crippen molar-refractivity contribution in [2.45, 2.75) is 0 Å². The molecule has 1 fully saturated rings. The summed E-state index contributed by atoms with van der Waals surface area (Å²) in [5.41, 5.74) is 0.425. The zero-order chi connectivity index (χ0) is 14.6. The maximum absolute atomic E-state index is 12.2. The average molecular weight is 302 g/mol. The molecular formula is C12H18N2O5S. The van der Waals surface area contributed by atoms with Gasteiger partial charge in [0.05, 0.1) is 33.1 Å². The lowest BCUT2D eigenvalue weighted by atomic mass is 10.3. The van der Waals surface area contributed by atoms with Crippen LogP contribution in [-0.4, -0.2) is 53.2 Å². The third-order valence-corrected chi connectivity index (χ3v) is 4.48. The van der Waals surface area contributed by atoms with Crippen LogP contribution in [0.1, 0.15) is 0 Å². The molecule has 0 aromatic heterocycles. The molecule has 8 heteroatoms. The van der Waals surface area contributed by atoms with Crippen LogP contribution in [-0.2, 0) is 14.9 Å². The Morgan fingerprint density at radius 3 is 2.40 bits per heavy atom. The van der Waals surface area contributed by atoms with Crippen LogP contribution in [0, 0.1) is 0 Å². The minimum Gasteiger partial charge on any atom is -0.493 e. The van der Waals surface area contributed by atoms with Gasteiger partial charge in [-0.2, -0.15) is 12.7 Å². The summed E-state index contributed by atoms with van der Waals surface area (Å²) in [6, 6.07) is 4.85. The second-order valence-electron chi connectivity index (χ2n) is 4.19. The fourth-order valence-electron chi connectivity index (χ4n) is 1.90. The highest BCUT2D eigenvalue weighted by molar-refractivity contribution is 7.90. The van der Waals surface area contributed by atoms with E-state index in [1.54, 1.807) is 18.2 Å². The smallest absolute Gasteiger partial charge is 0.301 e. The number of rotatable bonds is 5. The van der Waals surface area contributed by atoms with E-state index in [2.05, 4.69) is 4.72 Å². The van der Waals surface area contributed by atoms with Gasteiger partial charge in [-0.05, 0) is 12.1 Å². The number of nitrogens with one attached hydrogen (secondary N) is 1. The summed E-state index contributed by atoms with van der Waals surface area (Å²) in [5, 5.41) is 0. The Bertz CT molecular complexity index is 555. The Morgan fingerprint density at radius 2 is 1.80 bits per heavy atom. The first-order chi connectivity index (χ1) is 9.56. The van der Waals surface area contributed by atoms with Crippen molar-refractivity contribution in [3.05, 3.63) is 18.2 Å². The summed E-state index contributed by atoms with van der Waals surface area (Å²) in [6.45, 7) is 1.52. The number of nitrogens with zero attached hydrogens (tertiary/aromatic N) is 1. The van der Waals surface area contributed by atoms with Crippen molar-refractivity contribution in [3.63, 3.8) is 0 Å². The van der Waals surface area contributed by atoms with Crippen LogP contribution in [0.2, 0.25) is 0 Å². The fraction of sp³-hybridized carbons (Fsp3) is 0.500. The van der Waals surface area contributed by atoms with Gasteiger partial charge in [0.25, 0.3) is 0 Å². The van der Waals surface area contributed by atoms with Crippen molar-refractivity contribution < 1.29 is 22.6 Å². The standard InChI is InChI=1S/C12H18N2O5S/c1-17-11-4-3-10(9-12(11)18-2)13-20(15,16)14-5-7-19-8-6-14/h3-4,9,13H,5-8H2,1-2H3. The first-order valence-electron chi connectivity index (χ1n) is 6.14. The van der Waals surface area contributed by atoms with E-state index < -0.39 is 10.2 Å². The third-order valence-electron chi connectivity index (χ3n) is 2.94. The summed E-state index contributed by atoms with van der Waals surface area (Å²) in [6.07, 6.45) is 0. The Morgan fingerprint density at radius 1 is 1.15 bits per heavy atom. The molecule has 112 valence electrons. The van der Waals surface area contributed by atoms with E-state index in [1.807, 2.05) is 0 Å². The van der Waals surface area contributed by atoms with Gasteiger partial charge in [0.1, 0.15) is 0 Å². The first kappa shape index (κ1) is 14.9. The van der Waals surface area contributed by atoms with Crippen LogP contribution in [0.15, 0.2) is 18.2 Å². The van der Waals surface area contributed by atoms with Gasteiger partial charge < -0.3 is 14.2 Å². The van der Waals surface area contributed by atoms with Gasteiger partial charge in [-0.15, -0.1) is 0 Å². The Balaban J connectivity index is 2.16. The van der Waals surface area contributed by atoms with Crippen LogP contribution in [0.25, 0.3) is 0 Å². The molecule has 1 aliphatic rings. The van der Waals surface area contributed by atoms with Gasteiger partial charge in [0.2, 0.25) is 0 Å². The summed E-state index contributed by atoms with van der Waals surface area (Å²) in [5.74, 6) is 1.01. The van der Waals surface area contributed by atoms with Gasteiger partial charge >= 0.3 is 10.2 Å².